The number of hydrogen-bond donors (Lipinski definition) is 2. The molecule has 0 unspecified atom stereocenters. The average Bonchev–Trinajstić information content (AvgIpc) is 3.39. The molecule has 8 heteroatoms. The Hall–Kier alpha value is -5.37. The average molecular weight is 519 g/mol. The van der Waals surface area contributed by atoms with Gasteiger partial charge < -0.3 is 20.5 Å². The molecule has 0 atom stereocenters. The lowest BCUT2D eigenvalue weighted by Gasteiger charge is -2.11. The van der Waals surface area contributed by atoms with E-state index in [1.54, 1.807) is 53.3 Å². The first-order valence-electron chi connectivity index (χ1n) is 12.2. The molecule has 3 N–H and O–H groups in total. The van der Waals surface area contributed by atoms with Crippen molar-refractivity contribution in [3.8, 4) is 28.4 Å². The van der Waals surface area contributed by atoms with Gasteiger partial charge in [0.15, 0.2) is 0 Å². The second-order valence-electron chi connectivity index (χ2n) is 8.90. The standard InChI is InChI=1S/C31H26N4O4/c1-20-11-13-21(14-12-20)29-28(19-35(34-29)25-8-4-3-5-9-25)30(36)33-24-16-23(32)17-27(18-24)39-26-10-6-7-22(15-26)31(37)38-2/h3-19H,32H2,1-2H3,(H,33,36). The molecule has 0 bridgehead atoms. The number of nitrogens with two attached hydrogens (primary N) is 1. The number of nitrogen functional groups attached to an aromatic ring is 1. The monoisotopic (exact) mass is 518 g/mol. The Kier molecular flexibility index (Phi) is 7.09. The minimum atomic E-state index is -0.471. The lowest BCUT2D eigenvalue weighted by atomic mass is 10.1. The minimum absolute atomic E-state index is 0.350. The molecule has 0 fully saturated rings. The highest BCUT2D eigenvalue weighted by atomic mass is 16.5. The highest BCUT2D eigenvalue weighted by molar-refractivity contribution is 6.08. The van der Waals surface area contributed by atoms with Crippen LogP contribution < -0.4 is 15.8 Å². The third-order valence-electron chi connectivity index (χ3n) is 5.98. The molecular formula is C31H26N4O4. The van der Waals surface area contributed by atoms with E-state index in [1.165, 1.54) is 7.11 Å². The van der Waals surface area contributed by atoms with Gasteiger partial charge in [-0.1, -0.05) is 54.1 Å². The van der Waals surface area contributed by atoms with Gasteiger partial charge in [-0.3, -0.25) is 4.79 Å². The number of ether oxygens (including phenoxy) is 2. The van der Waals surface area contributed by atoms with Crippen LogP contribution in [0.25, 0.3) is 16.9 Å². The van der Waals surface area contributed by atoms with E-state index in [4.69, 9.17) is 20.3 Å². The van der Waals surface area contributed by atoms with E-state index in [2.05, 4.69) is 5.32 Å². The van der Waals surface area contributed by atoms with Gasteiger partial charge in [0.1, 0.15) is 17.2 Å². The molecule has 8 nitrogen and oxygen atoms in total. The number of nitrogens with zero attached hydrogens (tertiary/aromatic N) is 2. The molecular weight excluding hydrogens is 492 g/mol. The predicted octanol–water partition coefficient (Wildman–Crippen LogP) is 6.26. The summed E-state index contributed by atoms with van der Waals surface area (Å²) in [6, 6.07) is 29.0. The van der Waals surface area contributed by atoms with Gasteiger partial charge in [0.25, 0.3) is 5.91 Å². The van der Waals surface area contributed by atoms with Gasteiger partial charge in [0.2, 0.25) is 0 Å². The Balaban J connectivity index is 1.45. The fraction of sp³-hybridized carbons (Fsp3) is 0.0645. The number of rotatable bonds is 7. The largest absolute Gasteiger partial charge is 0.465 e. The first kappa shape index (κ1) is 25.3. The number of nitrogens with one attached hydrogen (secondary N) is 1. The molecule has 39 heavy (non-hydrogen) atoms. The molecule has 0 radical (unpaired) electrons. The van der Waals surface area contributed by atoms with E-state index in [-0.39, 0.29) is 5.91 Å². The van der Waals surface area contributed by atoms with Crippen LogP contribution in [0.1, 0.15) is 26.3 Å². The van der Waals surface area contributed by atoms with Crippen LogP contribution in [0.2, 0.25) is 0 Å². The lowest BCUT2D eigenvalue weighted by molar-refractivity contribution is 0.0600. The maximum atomic E-state index is 13.6. The van der Waals surface area contributed by atoms with Crippen molar-refractivity contribution in [1.82, 2.24) is 9.78 Å². The Bertz CT molecular complexity index is 1640. The topological polar surface area (TPSA) is 108 Å². The van der Waals surface area contributed by atoms with Gasteiger partial charge in [-0.15, -0.1) is 0 Å². The van der Waals surface area contributed by atoms with E-state index in [9.17, 15) is 9.59 Å². The Labute approximate surface area is 225 Å². The summed E-state index contributed by atoms with van der Waals surface area (Å²) in [6.45, 7) is 2.01. The van der Waals surface area contributed by atoms with E-state index in [1.807, 2.05) is 61.5 Å². The second kappa shape index (κ2) is 10.9. The zero-order valence-corrected chi connectivity index (χ0v) is 21.4. The quantitative estimate of drug-likeness (QED) is 0.194. The summed E-state index contributed by atoms with van der Waals surface area (Å²) in [6.07, 6.45) is 1.71. The molecule has 1 heterocycles. The van der Waals surface area contributed by atoms with Gasteiger partial charge in [0.05, 0.1) is 23.9 Å². The Morgan fingerprint density at radius 3 is 2.38 bits per heavy atom. The number of carbonyl (C=O) groups is 2. The Morgan fingerprint density at radius 2 is 1.64 bits per heavy atom. The SMILES string of the molecule is COC(=O)c1cccc(Oc2cc(N)cc(NC(=O)c3cn(-c4ccccc4)nc3-c3ccc(C)cc3)c2)c1. The third kappa shape index (κ3) is 5.80. The number of aromatic nitrogens is 2. The number of esters is 1. The molecule has 194 valence electrons. The summed E-state index contributed by atoms with van der Waals surface area (Å²) in [5.41, 5.74) is 11.0. The van der Waals surface area contributed by atoms with E-state index in [0.29, 0.717) is 39.7 Å². The number of benzene rings is 4. The highest BCUT2D eigenvalue weighted by Crippen LogP contribution is 2.30. The number of para-hydroxylation sites is 1. The van der Waals surface area contributed by atoms with Crippen molar-refractivity contribution in [2.75, 3.05) is 18.2 Å². The first-order valence-corrected chi connectivity index (χ1v) is 12.2. The number of carbonyl (C=O) groups excluding carboxylic acids is 2. The summed E-state index contributed by atoms with van der Waals surface area (Å²) in [7, 11) is 1.32. The fourth-order valence-electron chi connectivity index (χ4n) is 4.07. The minimum Gasteiger partial charge on any atom is -0.465 e. The summed E-state index contributed by atoms with van der Waals surface area (Å²) in [4.78, 5) is 25.4. The molecule has 1 aromatic heterocycles. The molecule has 0 aliphatic heterocycles. The van der Waals surface area contributed by atoms with Gasteiger partial charge in [-0.25, -0.2) is 9.48 Å². The van der Waals surface area contributed by atoms with Crippen LogP contribution in [0, 0.1) is 6.92 Å². The van der Waals surface area contributed by atoms with Crippen LogP contribution in [0.3, 0.4) is 0 Å². The molecule has 0 aliphatic rings. The molecule has 0 saturated carbocycles. The van der Waals surface area contributed by atoms with Crippen molar-refractivity contribution in [3.05, 3.63) is 120 Å². The number of aryl methyl sites for hydroxylation is 1. The molecule has 0 spiro atoms. The van der Waals surface area contributed by atoms with Crippen molar-refractivity contribution in [1.29, 1.82) is 0 Å². The van der Waals surface area contributed by atoms with Gasteiger partial charge in [-0.05, 0) is 43.3 Å². The van der Waals surface area contributed by atoms with E-state index in [0.717, 1.165) is 16.8 Å². The summed E-state index contributed by atoms with van der Waals surface area (Å²) in [5.74, 6) is -0.00368. The fourth-order valence-corrected chi connectivity index (χ4v) is 4.07. The summed E-state index contributed by atoms with van der Waals surface area (Å²) >= 11 is 0. The van der Waals surface area contributed by atoms with Crippen LogP contribution >= 0.6 is 0 Å². The van der Waals surface area contributed by atoms with Crippen molar-refractivity contribution in [2.45, 2.75) is 6.92 Å². The number of methoxy groups -OCH3 is 1. The van der Waals surface area contributed by atoms with Crippen molar-refractivity contribution >= 4 is 23.3 Å². The number of anilines is 2. The number of hydrogen-bond acceptors (Lipinski definition) is 6. The van der Waals surface area contributed by atoms with Gasteiger partial charge in [-0.2, -0.15) is 5.10 Å². The smallest absolute Gasteiger partial charge is 0.337 e. The van der Waals surface area contributed by atoms with E-state index >= 15 is 0 Å². The number of amides is 1. The zero-order valence-electron chi connectivity index (χ0n) is 21.4. The van der Waals surface area contributed by atoms with Crippen LogP contribution in [-0.2, 0) is 4.74 Å². The normalized spacial score (nSPS) is 10.6. The van der Waals surface area contributed by atoms with Crippen molar-refractivity contribution in [3.63, 3.8) is 0 Å². The molecule has 0 aliphatic carbocycles. The van der Waals surface area contributed by atoms with Gasteiger partial charge in [0, 0.05) is 35.3 Å². The second-order valence-corrected chi connectivity index (χ2v) is 8.90. The van der Waals surface area contributed by atoms with Crippen molar-refractivity contribution < 1.29 is 19.1 Å². The van der Waals surface area contributed by atoms with Crippen LogP contribution in [0.5, 0.6) is 11.5 Å². The molecule has 5 aromatic rings. The van der Waals surface area contributed by atoms with Crippen LogP contribution in [0.4, 0.5) is 11.4 Å². The predicted molar refractivity (Wildman–Crippen MR) is 150 cm³/mol. The third-order valence-corrected chi connectivity index (χ3v) is 5.98. The molecule has 1 amide bonds. The Morgan fingerprint density at radius 1 is 0.872 bits per heavy atom. The van der Waals surface area contributed by atoms with Crippen LogP contribution in [0.15, 0.2) is 103 Å². The maximum Gasteiger partial charge on any atom is 0.337 e. The maximum absolute atomic E-state index is 13.6. The van der Waals surface area contributed by atoms with Crippen molar-refractivity contribution in [2.24, 2.45) is 0 Å². The molecule has 0 saturated heterocycles. The molecule has 5 rings (SSSR count). The summed E-state index contributed by atoms with van der Waals surface area (Å²) in [5, 5.41) is 7.66. The van der Waals surface area contributed by atoms with E-state index < -0.39 is 5.97 Å². The zero-order chi connectivity index (χ0) is 27.4. The summed E-state index contributed by atoms with van der Waals surface area (Å²) < 4.78 is 12.4. The lowest BCUT2D eigenvalue weighted by Crippen LogP contribution is -2.12. The van der Waals surface area contributed by atoms with Crippen LogP contribution in [-0.4, -0.2) is 28.8 Å². The first-order chi connectivity index (χ1) is 18.9. The highest BCUT2D eigenvalue weighted by Gasteiger charge is 2.19. The van der Waals surface area contributed by atoms with Gasteiger partial charge >= 0.3 is 5.97 Å². The molecule has 4 aromatic carbocycles.